The van der Waals surface area contributed by atoms with Crippen LogP contribution in [0.5, 0.6) is 5.75 Å². The van der Waals surface area contributed by atoms with Crippen molar-refractivity contribution in [3.63, 3.8) is 0 Å². The highest BCUT2D eigenvalue weighted by Crippen LogP contribution is 2.42. The van der Waals surface area contributed by atoms with E-state index in [0.717, 1.165) is 69.3 Å². The van der Waals surface area contributed by atoms with Gasteiger partial charge in [0.2, 0.25) is 0 Å². The molecule has 0 amide bonds. The van der Waals surface area contributed by atoms with Gasteiger partial charge in [-0.1, -0.05) is 73.3 Å². The van der Waals surface area contributed by atoms with E-state index in [1.165, 1.54) is 17.2 Å². The van der Waals surface area contributed by atoms with Gasteiger partial charge in [0.05, 0.1) is 10.6 Å². The molecular formula is C30H39Cl3N2O2. The van der Waals surface area contributed by atoms with Crippen LogP contribution in [0.4, 0.5) is 0 Å². The maximum atomic E-state index is 11.7. The van der Waals surface area contributed by atoms with Crippen LogP contribution in [-0.2, 0) is 6.61 Å². The number of hydrogen-bond donors (Lipinski definition) is 2. The van der Waals surface area contributed by atoms with Crippen molar-refractivity contribution in [2.75, 3.05) is 19.6 Å². The molecule has 4 nitrogen and oxygen atoms in total. The predicted octanol–water partition coefficient (Wildman–Crippen LogP) is 7.12. The Balaban J connectivity index is 0.00000190. The second-order valence-corrected chi connectivity index (χ2v) is 10.9. The first-order valence-electron chi connectivity index (χ1n) is 13.1. The van der Waals surface area contributed by atoms with E-state index in [9.17, 15) is 5.11 Å². The Hall–Kier alpha value is -1.53. The van der Waals surface area contributed by atoms with Crippen LogP contribution in [0.2, 0.25) is 5.02 Å². The van der Waals surface area contributed by atoms with E-state index in [1.54, 1.807) is 0 Å². The quantitative estimate of drug-likeness (QED) is 0.320. The van der Waals surface area contributed by atoms with Gasteiger partial charge in [0.15, 0.2) is 0 Å². The molecule has 7 heteroatoms. The van der Waals surface area contributed by atoms with Gasteiger partial charge in [-0.25, -0.2) is 0 Å². The lowest BCUT2D eigenvalue weighted by Crippen LogP contribution is -2.47. The van der Waals surface area contributed by atoms with Gasteiger partial charge in [0.25, 0.3) is 0 Å². The fraction of sp³-hybridized carbons (Fsp3) is 0.467. The Morgan fingerprint density at radius 3 is 2.35 bits per heavy atom. The van der Waals surface area contributed by atoms with Gasteiger partial charge < -0.3 is 20.5 Å². The SMILES string of the molecule is Cl.Cl.NC1CCN(CC(c2ccc(OCc3ccc4ccccc4c3)c(Cl)c2)C2(O)CCCCC2)CC1. The zero-order valence-corrected chi connectivity index (χ0v) is 23.7. The molecule has 3 aromatic rings. The summed E-state index contributed by atoms with van der Waals surface area (Å²) in [6.45, 7) is 3.30. The van der Waals surface area contributed by atoms with Crippen molar-refractivity contribution < 1.29 is 9.84 Å². The van der Waals surface area contributed by atoms with Gasteiger partial charge in [0, 0.05) is 18.5 Å². The monoisotopic (exact) mass is 564 g/mol. The largest absolute Gasteiger partial charge is 0.487 e. The van der Waals surface area contributed by atoms with Crippen LogP contribution >= 0.6 is 36.4 Å². The predicted molar refractivity (Wildman–Crippen MR) is 159 cm³/mol. The van der Waals surface area contributed by atoms with Gasteiger partial charge in [0.1, 0.15) is 12.4 Å². The minimum atomic E-state index is -0.686. The molecule has 1 heterocycles. The molecule has 2 fully saturated rings. The van der Waals surface area contributed by atoms with Crippen molar-refractivity contribution in [1.82, 2.24) is 4.90 Å². The normalized spacial score (nSPS) is 19.0. The number of ether oxygens (including phenoxy) is 1. The Bertz CT molecular complexity index is 1140. The molecule has 37 heavy (non-hydrogen) atoms. The molecule has 3 N–H and O–H groups in total. The highest BCUT2D eigenvalue weighted by Gasteiger charge is 2.40. The molecule has 202 valence electrons. The Kier molecular flexibility index (Phi) is 11.0. The van der Waals surface area contributed by atoms with E-state index < -0.39 is 5.60 Å². The van der Waals surface area contributed by atoms with Crippen LogP contribution in [0.3, 0.4) is 0 Å². The first-order chi connectivity index (χ1) is 17.0. The van der Waals surface area contributed by atoms with Gasteiger partial charge in [-0.3, -0.25) is 0 Å². The fourth-order valence-corrected chi connectivity index (χ4v) is 6.08. The lowest BCUT2D eigenvalue weighted by Gasteiger charge is -2.43. The first-order valence-corrected chi connectivity index (χ1v) is 13.5. The maximum absolute atomic E-state index is 11.7. The van der Waals surface area contributed by atoms with Crippen LogP contribution in [0, 0.1) is 0 Å². The van der Waals surface area contributed by atoms with Crippen LogP contribution in [-0.4, -0.2) is 41.3 Å². The standard InChI is InChI=1S/C30H37ClN2O2.2ClH/c31-28-19-25(10-11-29(28)35-21-22-8-9-23-6-2-3-7-24(23)18-22)27(30(34)14-4-1-5-15-30)20-33-16-12-26(32)13-17-33;;/h2-3,6-11,18-19,26-27,34H,1,4-5,12-17,20-21,32H2;2*1H. The summed E-state index contributed by atoms with van der Waals surface area (Å²) in [5.41, 5.74) is 7.67. The summed E-state index contributed by atoms with van der Waals surface area (Å²) in [4.78, 5) is 2.47. The third-order valence-corrected chi connectivity index (χ3v) is 8.30. The van der Waals surface area contributed by atoms with Crippen molar-refractivity contribution in [2.45, 2.75) is 69.1 Å². The second-order valence-electron chi connectivity index (χ2n) is 10.5. The third-order valence-electron chi connectivity index (χ3n) is 8.01. The molecular weight excluding hydrogens is 527 g/mol. The number of nitrogens with two attached hydrogens (primary N) is 1. The van der Waals surface area contributed by atoms with Crippen molar-refractivity contribution in [1.29, 1.82) is 0 Å². The molecule has 1 atom stereocenters. The number of likely N-dealkylation sites (tertiary alicyclic amines) is 1. The number of piperidine rings is 1. The van der Waals surface area contributed by atoms with Crippen LogP contribution in [0.25, 0.3) is 10.8 Å². The summed E-state index contributed by atoms with van der Waals surface area (Å²) >= 11 is 6.74. The minimum Gasteiger partial charge on any atom is -0.487 e. The number of benzene rings is 3. The van der Waals surface area contributed by atoms with Gasteiger partial charge in [-0.2, -0.15) is 0 Å². The molecule has 0 radical (unpaired) electrons. The Morgan fingerprint density at radius 1 is 0.946 bits per heavy atom. The summed E-state index contributed by atoms with van der Waals surface area (Å²) in [5.74, 6) is 0.714. The number of halogens is 3. The molecule has 1 aliphatic heterocycles. The van der Waals surface area contributed by atoms with Crippen LogP contribution < -0.4 is 10.5 Å². The van der Waals surface area contributed by atoms with E-state index >= 15 is 0 Å². The Labute approximate surface area is 238 Å². The van der Waals surface area contributed by atoms with Crippen molar-refractivity contribution >= 4 is 47.2 Å². The van der Waals surface area contributed by atoms with Crippen molar-refractivity contribution in [3.05, 3.63) is 76.8 Å². The molecule has 0 spiro atoms. The molecule has 5 rings (SSSR count). The number of rotatable bonds is 7. The van der Waals surface area contributed by atoms with E-state index in [4.69, 9.17) is 22.1 Å². The summed E-state index contributed by atoms with van der Waals surface area (Å²) in [5, 5.41) is 14.8. The Morgan fingerprint density at radius 2 is 1.65 bits per heavy atom. The molecule has 0 bridgehead atoms. The number of nitrogens with zero attached hydrogens (tertiary/aromatic N) is 1. The number of aliphatic hydroxyl groups is 1. The fourth-order valence-electron chi connectivity index (χ4n) is 5.83. The average molecular weight is 566 g/mol. The van der Waals surface area contributed by atoms with Crippen LogP contribution in [0.1, 0.15) is 62.0 Å². The van der Waals surface area contributed by atoms with Gasteiger partial charge in [-0.05, 0) is 78.9 Å². The van der Waals surface area contributed by atoms with E-state index in [-0.39, 0.29) is 30.7 Å². The second kappa shape index (κ2) is 13.5. The molecule has 1 unspecified atom stereocenters. The molecule has 1 saturated carbocycles. The zero-order valence-electron chi connectivity index (χ0n) is 21.3. The van der Waals surface area contributed by atoms with Crippen molar-refractivity contribution in [2.24, 2.45) is 5.73 Å². The highest BCUT2D eigenvalue weighted by molar-refractivity contribution is 6.32. The summed E-state index contributed by atoms with van der Waals surface area (Å²) in [7, 11) is 0. The van der Waals surface area contributed by atoms with E-state index in [0.29, 0.717) is 23.4 Å². The first kappa shape index (κ1) is 30.0. The molecule has 0 aromatic heterocycles. The smallest absolute Gasteiger partial charge is 0.138 e. The van der Waals surface area contributed by atoms with Gasteiger partial charge >= 0.3 is 0 Å². The number of fused-ring (bicyclic) bond motifs is 1. The molecule has 1 aliphatic carbocycles. The summed E-state index contributed by atoms with van der Waals surface area (Å²) in [6, 6.07) is 21.1. The van der Waals surface area contributed by atoms with Crippen LogP contribution in [0.15, 0.2) is 60.7 Å². The van der Waals surface area contributed by atoms with E-state index in [1.807, 2.05) is 12.1 Å². The lowest BCUT2D eigenvalue weighted by molar-refractivity contribution is -0.0324. The topological polar surface area (TPSA) is 58.7 Å². The number of hydrogen-bond acceptors (Lipinski definition) is 4. The molecule has 3 aromatic carbocycles. The lowest BCUT2D eigenvalue weighted by atomic mass is 9.72. The average Bonchev–Trinajstić information content (AvgIpc) is 2.88. The summed E-state index contributed by atoms with van der Waals surface area (Å²) < 4.78 is 6.12. The van der Waals surface area contributed by atoms with Gasteiger partial charge in [-0.15, -0.1) is 24.8 Å². The van der Waals surface area contributed by atoms with Crippen molar-refractivity contribution in [3.8, 4) is 5.75 Å². The van der Waals surface area contributed by atoms with E-state index in [2.05, 4.69) is 53.4 Å². The molecule has 1 saturated heterocycles. The minimum absolute atomic E-state index is 0. The third kappa shape index (κ3) is 7.32. The summed E-state index contributed by atoms with van der Waals surface area (Å²) in [6.07, 6.45) is 7.11. The molecule has 2 aliphatic rings. The zero-order chi connectivity index (χ0) is 24.3. The maximum Gasteiger partial charge on any atom is 0.138 e. The highest BCUT2D eigenvalue weighted by atomic mass is 35.5.